The first-order chi connectivity index (χ1) is 6.66. The number of aryl methyl sites for hydroxylation is 1. The Morgan fingerprint density at radius 3 is 2.79 bits per heavy atom. The Kier molecular flexibility index (Phi) is 2.13. The van der Waals surface area contributed by atoms with Crippen LogP contribution < -0.4 is 5.73 Å². The van der Waals surface area contributed by atoms with Crippen LogP contribution in [-0.2, 0) is 0 Å². The molecule has 0 atom stereocenters. The van der Waals surface area contributed by atoms with Crippen LogP contribution in [0.25, 0.3) is 11.4 Å². The van der Waals surface area contributed by atoms with E-state index in [0.29, 0.717) is 22.4 Å². The van der Waals surface area contributed by atoms with Crippen molar-refractivity contribution >= 4 is 17.3 Å². The van der Waals surface area contributed by atoms with E-state index in [0.717, 1.165) is 5.56 Å². The van der Waals surface area contributed by atoms with E-state index < -0.39 is 0 Å². The molecule has 0 aliphatic heterocycles. The lowest BCUT2D eigenvalue weighted by Gasteiger charge is -2.00. The Balaban J connectivity index is 2.52. The molecule has 2 rings (SSSR count). The molecule has 0 saturated heterocycles. The molecule has 4 nitrogen and oxygen atoms in total. The molecule has 0 spiro atoms. The zero-order chi connectivity index (χ0) is 10.1. The van der Waals surface area contributed by atoms with Gasteiger partial charge in [0.2, 0.25) is 11.7 Å². The van der Waals surface area contributed by atoms with Crippen LogP contribution in [0.2, 0.25) is 5.02 Å². The molecule has 5 heteroatoms. The first kappa shape index (κ1) is 9.02. The van der Waals surface area contributed by atoms with Gasteiger partial charge in [-0.1, -0.05) is 16.8 Å². The quantitative estimate of drug-likeness (QED) is 0.732. The van der Waals surface area contributed by atoms with E-state index in [1.165, 1.54) is 0 Å². The van der Waals surface area contributed by atoms with E-state index in [9.17, 15) is 0 Å². The van der Waals surface area contributed by atoms with Crippen molar-refractivity contribution in [3.8, 4) is 11.4 Å². The largest absolute Gasteiger partial charge is 0.398 e. The van der Waals surface area contributed by atoms with E-state index in [1.807, 2.05) is 0 Å². The molecule has 72 valence electrons. The molecule has 0 bridgehead atoms. The van der Waals surface area contributed by atoms with Crippen LogP contribution in [0.3, 0.4) is 0 Å². The van der Waals surface area contributed by atoms with Crippen molar-refractivity contribution in [3.63, 3.8) is 0 Å². The van der Waals surface area contributed by atoms with Gasteiger partial charge in [0.1, 0.15) is 0 Å². The highest BCUT2D eigenvalue weighted by Gasteiger charge is 2.08. The predicted octanol–water partition coefficient (Wildman–Crippen LogP) is 2.28. The Morgan fingerprint density at radius 2 is 2.21 bits per heavy atom. The highest BCUT2D eigenvalue weighted by molar-refractivity contribution is 6.31. The number of hydrogen-bond donors (Lipinski definition) is 1. The topological polar surface area (TPSA) is 64.9 Å². The summed E-state index contributed by atoms with van der Waals surface area (Å²) in [4.78, 5) is 4.07. The third-order valence-electron chi connectivity index (χ3n) is 1.78. The smallest absolute Gasteiger partial charge is 0.223 e. The maximum atomic E-state index is 5.77. The van der Waals surface area contributed by atoms with Crippen LogP contribution in [0.1, 0.15) is 5.89 Å². The standard InChI is InChI=1S/C9H8ClN3O/c1-5-12-9(13-14-5)7-3-2-6(10)4-8(7)11/h2-4H,11H2,1H3. The third kappa shape index (κ3) is 1.56. The molecule has 0 aliphatic carbocycles. The molecule has 2 N–H and O–H groups in total. The number of nitrogen functional groups attached to an aromatic ring is 1. The van der Waals surface area contributed by atoms with Crippen LogP contribution in [0.4, 0.5) is 5.69 Å². The summed E-state index contributed by atoms with van der Waals surface area (Å²) < 4.78 is 4.85. The van der Waals surface area contributed by atoms with Crippen LogP contribution in [0.15, 0.2) is 22.7 Å². The Morgan fingerprint density at radius 1 is 1.43 bits per heavy atom. The summed E-state index contributed by atoms with van der Waals surface area (Å²) in [5.74, 6) is 0.992. The SMILES string of the molecule is Cc1nc(-c2ccc(Cl)cc2N)no1. The fourth-order valence-corrected chi connectivity index (χ4v) is 1.33. The third-order valence-corrected chi connectivity index (χ3v) is 2.02. The van der Waals surface area contributed by atoms with Gasteiger partial charge in [0.25, 0.3) is 0 Å². The van der Waals surface area contributed by atoms with Gasteiger partial charge >= 0.3 is 0 Å². The molecule has 2 aromatic rings. The molecule has 0 fully saturated rings. The van der Waals surface area contributed by atoms with Gasteiger partial charge in [-0.2, -0.15) is 4.98 Å². The molecule has 1 aromatic heterocycles. The zero-order valence-corrected chi connectivity index (χ0v) is 8.25. The number of anilines is 1. The maximum absolute atomic E-state index is 5.77. The number of hydrogen-bond acceptors (Lipinski definition) is 4. The second-order valence-corrected chi connectivity index (χ2v) is 3.31. The summed E-state index contributed by atoms with van der Waals surface area (Å²) in [7, 11) is 0. The van der Waals surface area contributed by atoms with Crippen molar-refractivity contribution in [3.05, 3.63) is 29.1 Å². The van der Waals surface area contributed by atoms with Crippen LogP contribution in [0.5, 0.6) is 0 Å². The molecule has 0 aliphatic rings. The average molecular weight is 210 g/mol. The first-order valence-electron chi connectivity index (χ1n) is 4.02. The van der Waals surface area contributed by atoms with E-state index in [2.05, 4.69) is 10.1 Å². The van der Waals surface area contributed by atoms with Gasteiger partial charge in [0.05, 0.1) is 0 Å². The lowest BCUT2D eigenvalue weighted by Crippen LogP contribution is -1.91. The summed E-state index contributed by atoms with van der Waals surface area (Å²) in [5, 5.41) is 4.36. The lowest BCUT2D eigenvalue weighted by molar-refractivity contribution is 0.394. The van der Waals surface area contributed by atoms with Gasteiger partial charge < -0.3 is 10.3 Å². The van der Waals surface area contributed by atoms with Gasteiger partial charge in [0.15, 0.2) is 0 Å². The molecule has 0 unspecified atom stereocenters. The van der Waals surface area contributed by atoms with Gasteiger partial charge in [-0.3, -0.25) is 0 Å². The van der Waals surface area contributed by atoms with Crippen LogP contribution >= 0.6 is 11.6 Å². The molecule has 1 aromatic carbocycles. The van der Waals surface area contributed by atoms with Gasteiger partial charge in [-0.25, -0.2) is 0 Å². The average Bonchev–Trinajstić information content (AvgIpc) is 2.51. The van der Waals surface area contributed by atoms with Crippen molar-refractivity contribution in [2.45, 2.75) is 6.92 Å². The highest BCUT2D eigenvalue weighted by Crippen LogP contribution is 2.25. The van der Waals surface area contributed by atoms with Crippen LogP contribution in [-0.4, -0.2) is 10.1 Å². The van der Waals surface area contributed by atoms with Gasteiger partial charge in [0, 0.05) is 23.2 Å². The summed E-state index contributed by atoms with van der Waals surface area (Å²) in [5.41, 5.74) is 7.02. The minimum atomic E-state index is 0.483. The molecule has 14 heavy (non-hydrogen) atoms. The highest BCUT2D eigenvalue weighted by atomic mass is 35.5. The van der Waals surface area contributed by atoms with Crippen molar-refractivity contribution < 1.29 is 4.52 Å². The fraction of sp³-hybridized carbons (Fsp3) is 0.111. The maximum Gasteiger partial charge on any atom is 0.223 e. The molecular weight excluding hydrogens is 202 g/mol. The normalized spacial score (nSPS) is 10.4. The number of aromatic nitrogens is 2. The molecule has 1 heterocycles. The number of nitrogens with two attached hydrogens (primary N) is 1. The molecule has 0 saturated carbocycles. The lowest BCUT2D eigenvalue weighted by atomic mass is 10.2. The van der Waals surface area contributed by atoms with Crippen LogP contribution in [0, 0.1) is 6.92 Å². The molecular formula is C9H8ClN3O. The summed E-state index contributed by atoms with van der Waals surface area (Å²) in [6.45, 7) is 1.72. The second-order valence-electron chi connectivity index (χ2n) is 2.87. The second kappa shape index (κ2) is 3.31. The Hall–Kier alpha value is -1.55. The van der Waals surface area contributed by atoms with E-state index >= 15 is 0 Å². The predicted molar refractivity (Wildman–Crippen MR) is 53.9 cm³/mol. The van der Waals surface area contributed by atoms with Crippen molar-refractivity contribution in [2.75, 3.05) is 5.73 Å². The number of rotatable bonds is 1. The summed E-state index contributed by atoms with van der Waals surface area (Å²) >= 11 is 5.77. The minimum absolute atomic E-state index is 0.483. The van der Waals surface area contributed by atoms with E-state index in [1.54, 1.807) is 25.1 Å². The monoisotopic (exact) mass is 209 g/mol. The minimum Gasteiger partial charge on any atom is -0.398 e. The fourth-order valence-electron chi connectivity index (χ4n) is 1.15. The summed E-state index contributed by atoms with van der Waals surface area (Å²) in [6.07, 6.45) is 0. The van der Waals surface area contributed by atoms with E-state index in [4.69, 9.17) is 21.9 Å². The van der Waals surface area contributed by atoms with E-state index in [-0.39, 0.29) is 0 Å². The van der Waals surface area contributed by atoms with Gasteiger partial charge in [-0.05, 0) is 18.2 Å². The number of halogens is 1. The molecule has 0 radical (unpaired) electrons. The summed E-state index contributed by atoms with van der Waals surface area (Å²) in [6, 6.07) is 5.16. The number of benzene rings is 1. The first-order valence-corrected chi connectivity index (χ1v) is 4.40. The van der Waals surface area contributed by atoms with Crippen molar-refractivity contribution in [2.24, 2.45) is 0 Å². The Bertz CT molecular complexity index is 467. The van der Waals surface area contributed by atoms with Crippen molar-refractivity contribution in [1.82, 2.24) is 10.1 Å². The van der Waals surface area contributed by atoms with Gasteiger partial charge in [-0.15, -0.1) is 0 Å². The molecule has 0 amide bonds. The zero-order valence-electron chi connectivity index (χ0n) is 7.49. The Labute approximate surface area is 85.7 Å². The number of nitrogens with zero attached hydrogens (tertiary/aromatic N) is 2. The van der Waals surface area contributed by atoms with Crippen molar-refractivity contribution in [1.29, 1.82) is 0 Å².